The minimum atomic E-state index is -0.839. The summed E-state index contributed by atoms with van der Waals surface area (Å²) in [5, 5.41) is 16.5. The molecule has 3 aliphatic rings. The van der Waals surface area contributed by atoms with Crippen molar-refractivity contribution in [3.63, 3.8) is 0 Å². The zero-order valence-corrected chi connectivity index (χ0v) is 18.0. The monoisotopic (exact) mass is 461 g/mol. The van der Waals surface area contributed by atoms with Crippen LogP contribution in [-0.4, -0.2) is 41.0 Å². The number of nitro benzene ring substituents is 1. The van der Waals surface area contributed by atoms with Gasteiger partial charge in [-0.3, -0.25) is 19.7 Å². The number of hydrogen-bond donors (Lipinski definition) is 0. The van der Waals surface area contributed by atoms with E-state index in [9.17, 15) is 24.5 Å². The lowest BCUT2D eigenvalue weighted by atomic mass is 9.85. The summed E-state index contributed by atoms with van der Waals surface area (Å²) in [6, 6.07) is 10.2. The first-order chi connectivity index (χ1) is 16.4. The predicted molar refractivity (Wildman–Crippen MR) is 118 cm³/mol. The summed E-state index contributed by atoms with van der Waals surface area (Å²) in [5.74, 6) is -2.32. The highest BCUT2D eigenvalue weighted by Gasteiger charge is 2.59. The maximum atomic E-state index is 12.8. The molecule has 10 nitrogen and oxygen atoms in total. The number of hydrogen-bond acceptors (Lipinski definition) is 8. The number of para-hydroxylation sites is 1. The Hall–Kier alpha value is -4.34. The number of imide groups is 1. The number of nitrogens with zero attached hydrogens (tertiary/aromatic N) is 3. The fraction of sp³-hybridized carbons (Fsp3) is 0.250. The molecule has 1 saturated carbocycles. The van der Waals surface area contributed by atoms with Crippen LogP contribution in [0.1, 0.15) is 22.3 Å². The molecular weight excluding hydrogens is 442 g/mol. The molecule has 1 heterocycles. The van der Waals surface area contributed by atoms with Gasteiger partial charge in [0.05, 0.1) is 35.6 Å². The first-order valence-corrected chi connectivity index (χ1v) is 10.6. The van der Waals surface area contributed by atoms with Gasteiger partial charge in [0.25, 0.3) is 11.8 Å². The molecule has 1 aliphatic heterocycles. The van der Waals surface area contributed by atoms with Gasteiger partial charge >= 0.3 is 11.7 Å². The summed E-state index contributed by atoms with van der Waals surface area (Å²) in [5.41, 5.74) is -0.260. The van der Waals surface area contributed by atoms with Crippen molar-refractivity contribution in [3.05, 3.63) is 75.9 Å². The van der Waals surface area contributed by atoms with Crippen molar-refractivity contribution in [2.24, 2.45) is 28.8 Å². The van der Waals surface area contributed by atoms with Crippen LogP contribution in [-0.2, 0) is 9.59 Å². The van der Waals surface area contributed by atoms with Gasteiger partial charge in [0.2, 0.25) is 5.75 Å². The van der Waals surface area contributed by atoms with Crippen LogP contribution in [0.2, 0.25) is 0 Å². The zero-order valence-electron chi connectivity index (χ0n) is 18.0. The van der Waals surface area contributed by atoms with E-state index in [0.717, 1.165) is 17.6 Å². The molecule has 0 unspecified atom stereocenters. The van der Waals surface area contributed by atoms with Crippen LogP contribution in [0.4, 0.5) is 5.69 Å². The van der Waals surface area contributed by atoms with Crippen LogP contribution in [0.25, 0.3) is 0 Å². The number of carbonyl (C=O) groups excluding carboxylic acids is 3. The quantitative estimate of drug-likeness (QED) is 0.123. The smallest absolute Gasteiger partial charge is 0.343 e. The number of esters is 1. The van der Waals surface area contributed by atoms with E-state index >= 15 is 0 Å². The molecule has 2 aromatic rings. The highest BCUT2D eigenvalue weighted by molar-refractivity contribution is 6.07. The molecule has 0 spiro atoms. The Balaban J connectivity index is 1.44. The standard InChI is InChI=1S/C24H19N3O7/c1-33-17-6-2-4-15(11-17)24(30)34-21-16(5-3-7-18(21)27(31)32)12-25-26-22(28)19-13-8-9-14(10-13)20(19)23(26)29/h2-9,11-14,19-20H,10H2,1H3/t13-,14-,19-,20+/m0/s1. The number of nitro groups is 1. The minimum Gasteiger partial charge on any atom is -0.497 e. The third-order valence-corrected chi connectivity index (χ3v) is 6.48. The minimum absolute atomic E-state index is 0.0313. The second-order valence-corrected chi connectivity index (χ2v) is 8.31. The molecule has 2 bridgehead atoms. The van der Waals surface area contributed by atoms with Crippen LogP contribution < -0.4 is 9.47 Å². The summed E-state index contributed by atoms with van der Waals surface area (Å²) in [7, 11) is 1.44. The van der Waals surface area contributed by atoms with Crippen LogP contribution in [0.5, 0.6) is 11.5 Å². The molecule has 0 N–H and O–H groups in total. The number of ether oxygens (including phenoxy) is 2. The van der Waals surface area contributed by atoms with Crippen LogP contribution in [0.3, 0.4) is 0 Å². The molecule has 2 fully saturated rings. The Morgan fingerprint density at radius 3 is 2.44 bits per heavy atom. The molecular formula is C24H19N3O7. The second-order valence-electron chi connectivity index (χ2n) is 8.31. The zero-order chi connectivity index (χ0) is 24.0. The van der Waals surface area contributed by atoms with Crippen LogP contribution in [0.15, 0.2) is 59.7 Å². The summed E-state index contributed by atoms with van der Waals surface area (Å²) in [4.78, 5) is 49.3. The molecule has 2 amide bonds. The van der Waals surface area contributed by atoms with E-state index in [0.29, 0.717) is 5.75 Å². The van der Waals surface area contributed by atoms with E-state index in [4.69, 9.17) is 9.47 Å². The SMILES string of the molecule is COc1cccc(C(=O)Oc2c(C=NN3C(=O)[C@@H]4[C@H](C3=O)[C@H]3C=C[C@H]4C3)cccc2[N+](=O)[O-])c1. The Labute approximate surface area is 193 Å². The fourth-order valence-corrected chi connectivity index (χ4v) is 4.92. The van der Waals surface area contributed by atoms with Crippen molar-refractivity contribution < 1.29 is 28.8 Å². The Bertz CT molecular complexity index is 1260. The molecule has 0 aromatic heterocycles. The van der Waals surface area contributed by atoms with Gasteiger partial charge in [0.15, 0.2) is 0 Å². The summed E-state index contributed by atoms with van der Waals surface area (Å²) >= 11 is 0. The van der Waals surface area contributed by atoms with Crippen molar-refractivity contribution in [1.29, 1.82) is 0 Å². The van der Waals surface area contributed by atoms with Gasteiger partial charge in [-0.05, 0) is 42.5 Å². The van der Waals surface area contributed by atoms with E-state index in [1.54, 1.807) is 12.1 Å². The van der Waals surface area contributed by atoms with Gasteiger partial charge in [-0.2, -0.15) is 10.1 Å². The summed E-state index contributed by atoms with van der Waals surface area (Å²) in [6.45, 7) is 0. The molecule has 2 aliphatic carbocycles. The molecule has 0 radical (unpaired) electrons. The van der Waals surface area contributed by atoms with E-state index in [-0.39, 0.29) is 40.5 Å². The lowest BCUT2D eigenvalue weighted by Gasteiger charge is -2.13. The summed E-state index contributed by atoms with van der Waals surface area (Å²) in [6.07, 6.45) is 5.87. The van der Waals surface area contributed by atoms with Gasteiger partial charge in [0.1, 0.15) is 5.75 Å². The first kappa shape index (κ1) is 21.5. The van der Waals surface area contributed by atoms with Gasteiger partial charge in [0, 0.05) is 11.6 Å². The summed E-state index contributed by atoms with van der Waals surface area (Å²) < 4.78 is 10.5. The van der Waals surface area contributed by atoms with Crippen molar-refractivity contribution >= 4 is 29.7 Å². The van der Waals surface area contributed by atoms with Crippen LogP contribution >= 0.6 is 0 Å². The maximum absolute atomic E-state index is 12.8. The van der Waals surface area contributed by atoms with E-state index in [1.165, 1.54) is 37.4 Å². The first-order valence-electron chi connectivity index (χ1n) is 10.6. The molecule has 1 saturated heterocycles. The van der Waals surface area contributed by atoms with Crippen molar-refractivity contribution in [3.8, 4) is 11.5 Å². The van der Waals surface area contributed by atoms with Gasteiger partial charge in [-0.25, -0.2) is 4.79 Å². The topological polar surface area (TPSA) is 128 Å². The molecule has 2 aromatic carbocycles. The number of fused-ring (bicyclic) bond motifs is 5. The number of methoxy groups -OCH3 is 1. The largest absolute Gasteiger partial charge is 0.497 e. The Morgan fingerprint density at radius 1 is 1.12 bits per heavy atom. The predicted octanol–water partition coefficient (Wildman–Crippen LogP) is 2.96. The third kappa shape index (κ3) is 3.43. The number of carbonyl (C=O) groups is 3. The second kappa shape index (κ2) is 8.22. The number of amides is 2. The number of benzene rings is 2. The number of hydrazone groups is 1. The van der Waals surface area contributed by atoms with E-state index < -0.39 is 28.4 Å². The Morgan fingerprint density at radius 2 is 1.79 bits per heavy atom. The van der Waals surface area contributed by atoms with Gasteiger partial charge in [-0.1, -0.05) is 24.3 Å². The van der Waals surface area contributed by atoms with Crippen LogP contribution in [0, 0.1) is 33.8 Å². The fourth-order valence-electron chi connectivity index (χ4n) is 4.92. The molecule has 5 rings (SSSR count). The van der Waals surface area contributed by atoms with E-state index in [1.807, 2.05) is 12.2 Å². The number of rotatable bonds is 6. The van der Waals surface area contributed by atoms with Crippen molar-refractivity contribution in [2.75, 3.05) is 7.11 Å². The normalized spacial score (nSPS) is 24.7. The highest BCUT2D eigenvalue weighted by Crippen LogP contribution is 2.52. The molecule has 34 heavy (non-hydrogen) atoms. The average molecular weight is 461 g/mol. The molecule has 4 atom stereocenters. The number of allylic oxidation sites excluding steroid dienone is 2. The highest BCUT2D eigenvalue weighted by atomic mass is 16.6. The lowest BCUT2D eigenvalue weighted by molar-refractivity contribution is -0.385. The Kier molecular flexibility index (Phi) is 5.20. The van der Waals surface area contributed by atoms with Crippen molar-refractivity contribution in [1.82, 2.24) is 5.01 Å². The average Bonchev–Trinajstić information content (AvgIpc) is 3.52. The van der Waals surface area contributed by atoms with Gasteiger partial charge < -0.3 is 9.47 Å². The van der Waals surface area contributed by atoms with E-state index in [2.05, 4.69) is 5.10 Å². The molecule has 10 heteroatoms. The van der Waals surface area contributed by atoms with Gasteiger partial charge in [-0.15, -0.1) is 0 Å². The van der Waals surface area contributed by atoms with Crippen molar-refractivity contribution in [2.45, 2.75) is 6.42 Å². The molecule has 172 valence electrons. The third-order valence-electron chi connectivity index (χ3n) is 6.48. The lowest BCUT2D eigenvalue weighted by Crippen LogP contribution is -2.28. The maximum Gasteiger partial charge on any atom is 0.343 e.